The molecule has 0 bridgehead atoms. The van der Waals surface area contributed by atoms with Gasteiger partial charge in [0.15, 0.2) is 5.78 Å². The highest BCUT2D eigenvalue weighted by atomic mass is 16.4. The van der Waals surface area contributed by atoms with Crippen LogP contribution in [0.3, 0.4) is 0 Å². The monoisotopic (exact) mass is 231 g/mol. The number of carboxylic acids is 1. The summed E-state index contributed by atoms with van der Waals surface area (Å²) < 4.78 is 1.57. The Kier molecular flexibility index (Phi) is 2.50. The third-order valence-corrected chi connectivity index (χ3v) is 2.97. The number of aryl methyl sites for hydroxylation is 2. The van der Waals surface area contributed by atoms with E-state index in [1.807, 2.05) is 19.1 Å². The van der Waals surface area contributed by atoms with Crippen molar-refractivity contribution in [2.75, 3.05) is 0 Å². The molecule has 1 N–H and O–H groups in total. The van der Waals surface area contributed by atoms with E-state index < -0.39 is 5.97 Å². The lowest BCUT2D eigenvalue weighted by atomic mass is 10.1. The highest BCUT2D eigenvalue weighted by Gasteiger charge is 2.23. The molecule has 0 aliphatic heterocycles. The molecular formula is C13H13NO3. The van der Waals surface area contributed by atoms with Gasteiger partial charge in [0, 0.05) is 12.4 Å². The van der Waals surface area contributed by atoms with Crippen LogP contribution in [0.4, 0.5) is 0 Å². The molecule has 0 spiro atoms. The number of hydrogen-bond acceptors (Lipinski definition) is 2. The number of carboxylic acid groups (broad SMARTS) is 1. The van der Waals surface area contributed by atoms with Crippen LogP contribution in [-0.2, 0) is 7.05 Å². The average molecular weight is 231 g/mol. The largest absolute Gasteiger partial charge is 0.477 e. The molecule has 0 amide bonds. The quantitative estimate of drug-likeness (QED) is 0.807. The number of rotatable bonds is 2. The van der Waals surface area contributed by atoms with Crippen LogP contribution in [-0.4, -0.2) is 21.4 Å². The second-order valence-electron chi connectivity index (χ2n) is 4.12. The van der Waals surface area contributed by atoms with Crippen molar-refractivity contribution in [1.82, 2.24) is 4.57 Å². The van der Waals surface area contributed by atoms with Gasteiger partial charge in [-0.15, -0.1) is 0 Å². The maximum absolute atomic E-state index is 11.6. The Labute approximate surface area is 98.5 Å². The zero-order chi connectivity index (χ0) is 12.7. The van der Waals surface area contributed by atoms with E-state index in [2.05, 4.69) is 0 Å². The van der Waals surface area contributed by atoms with Crippen LogP contribution in [0.25, 0.3) is 10.9 Å². The van der Waals surface area contributed by atoms with Gasteiger partial charge in [0.2, 0.25) is 0 Å². The van der Waals surface area contributed by atoms with Gasteiger partial charge in [-0.3, -0.25) is 4.79 Å². The molecule has 2 rings (SSSR count). The molecule has 17 heavy (non-hydrogen) atoms. The van der Waals surface area contributed by atoms with Crippen LogP contribution >= 0.6 is 0 Å². The van der Waals surface area contributed by atoms with Crippen LogP contribution in [0.2, 0.25) is 0 Å². The molecule has 0 aliphatic rings. The number of aromatic nitrogens is 1. The first-order valence-electron chi connectivity index (χ1n) is 5.27. The van der Waals surface area contributed by atoms with Gasteiger partial charge >= 0.3 is 5.97 Å². The summed E-state index contributed by atoms with van der Waals surface area (Å²) in [5.74, 6) is -1.30. The van der Waals surface area contributed by atoms with E-state index in [0.717, 1.165) is 11.1 Å². The van der Waals surface area contributed by atoms with Gasteiger partial charge in [0.25, 0.3) is 0 Å². The predicted octanol–water partition coefficient (Wildman–Crippen LogP) is 2.39. The third-order valence-electron chi connectivity index (χ3n) is 2.97. The van der Waals surface area contributed by atoms with Gasteiger partial charge in [-0.25, -0.2) is 4.79 Å². The lowest BCUT2D eigenvalue weighted by Gasteiger charge is -2.01. The normalized spacial score (nSPS) is 10.8. The summed E-state index contributed by atoms with van der Waals surface area (Å²) in [7, 11) is 1.67. The Balaban J connectivity index is 3.04. The molecule has 4 heteroatoms. The number of hydrogen-bond donors (Lipinski definition) is 1. The standard InChI is InChI=1S/C13H13NO3/c1-7-5-4-6-9-10(8(2)15)12(13(16)17)14(3)11(7)9/h4-6H,1-3H3,(H,16,17). The lowest BCUT2D eigenvalue weighted by molar-refractivity contribution is 0.0682. The smallest absolute Gasteiger partial charge is 0.353 e. The fourth-order valence-corrected chi connectivity index (χ4v) is 2.32. The molecule has 0 fully saturated rings. The second-order valence-corrected chi connectivity index (χ2v) is 4.12. The molecule has 2 aromatic rings. The number of nitrogens with zero attached hydrogens (tertiary/aromatic N) is 1. The molecule has 4 nitrogen and oxygen atoms in total. The number of carbonyl (C=O) groups excluding carboxylic acids is 1. The fraction of sp³-hybridized carbons (Fsp3) is 0.231. The Hall–Kier alpha value is -2.10. The van der Waals surface area contributed by atoms with Crippen molar-refractivity contribution in [3.05, 3.63) is 35.0 Å². The van der Waals surface area contributed by atoms with Gasteiger partial charge in [-0.05, 0) is 19.4 Å². The Bertz CT molecular complexity index is 638. The van der Waals surface area contributed by atoms with E-state index in [9.17, 15) is 14.7 Å². The Morgan fingerprint density at radius 2 is 1.94 bits per heavy atom. The molecule has 0 atom stereocenters. The van der Waals surface area contributed by atoms with Crippen molar-refractivity contribution in [3.8, 4) is 0 Å². The van der Waals surface area contributed by atoms with Crippen molar-refractivity contribution in [1.29, 1.82) is 0 Å². The average Bonchev–Trinajstić information content (AvgIpc) is 2.53. The highest BCUT2D eigenvalue weighted by Crippen LogP contribution is 2.28. The van der Waals surface area contributed by atoms with E-state index in [-0.39, 0.29) is 11.5 Å². The number of benzene rings is 1. The van der Waals surface area contributed by atoms with E-state index in [0.29, 0.717) is 10.9 Å². The third kappa shape index (κ3) is 1.53. The van der Waals surface area contributed by atoms with Crippen LogP contribution in [0, 0.1) is 6.92 Å². The minimum absolute atomic E-state index is 0.0572. The number of ketones is 1. The van der Waals surface area contributed by atoms with Gasteiger partial charge in [0.05, 0.1) is 11.1 Å². The van der Waals surface area contributed by atoms with E-state index in [4.69, 9.17) is 0 Å². The van der Waals surface area contributed by atoms with Crippen molar-refractivity contribution >= 4 is 22.7 Å². The first-order valence-corrected chi connectivity index (χ1v) is 5.27. The molecule has 0 saturated heterocycles. The Morgan fingerprint density at radius 3 is 2.47 bits per heavy atom. The van der Waals surface area contributed by atoms with Crippen molar-refractivity contribution < 1.29 is 14.7 Å². The van der Waals surface area contributed by atoms with Gasteiger partial charge < -0.3 is 9.67 Å². The lowest BCUT2D eigenvalue weighted by Crippen LogP contribution is -2.09. The van der Waals surface area contributed by atoms with E-state index in [1.165, 1.54) is 6.92 Å². The predicted molar refractivity (Wildman–Crippen MR) is 64.6 cm³/mol. The van der Waals surface area contributed by atoms with Crippen molar-refractivity contribution in [2.45, 2.75) is 13.8 Å². The van der Waals surface area contributed by atoms with Crippen molar-refractivity contribution in [2.24, 2.45) is 7.05 Å². The zero-order valence-corrected chi connectivity index (χ0v) is 9.94. The van der Waals surface area contributed by atoms with Crippen LogP contribution in [0.1, 0.15) is 33.3 Å². The topological polar surface area (TPSA) is 59.3 Å². The summed E-state index contributed by atoms with van der Waals surface area (Å²) in [6.07, 6.45) is 0. The summed E-state index contributed by atoms with van der Waals surface area (Å²) in [6.45, 7) is 3.29. The summed E-state index contributed by atoms with van der Waals surface area (Å²) in [5.41, 5.74) is 2.11. The number of Topliss-reactive ketones (excluding diaryl/α,β-unsaturated/α-hetero) is 1. The van der Waals surface area contributed by atoms with Gasteiger partial charge in [-0.1, -0.05) is 18.2 Å². The van der Waals surface area contributed by atoms with Gasteiger partial charge in [0.1, 0.15) is 5.69 Å². The number of aromatic carboxylic acids is 1. The molecule has 0 aliphatic carbocycles. The first kappa shape index (κ1) is 11.4. The summed E-state index contributed by atoms with van der Waals surface area (Å²) in [5, 5.41) is 9.92. The van der Waals surface area contributed by atoms with E-state index >= 15 is 0 Å². The van der Waals surface area contributed by atoms with Gasteiger partial charge in [-0.2, -0.15) is 0 Å². The molecule has 88 valence electrons. The summed E-state index contributed by atoms with van der Waals surface area (Å²) in [4.78, 5) is 22.9. The van der Waals surface area contributed by atoms with Crippen LogP contribution in [0.5, 0.6) is 0 Å². The van der Waals surface area contributed by atoms with E-state index in [1.54, 1.807) is 17.7 Å². The minimum atomic E-state index is -1.08. The summed E-state index contributed by atoms with van der Waals surface area (Å²) >= 11 is 0. The first-order chi connectivity index (χ1) is 7.95. The molecule has 0 radical (unpaired) electrons. The van der Waals surface area contributed by atoms with Crippen molar-refractivity contribution in [3.63, 3.8) is 0 Å². The molecule has 0 unspecified atom stereocenters. The van der Waals surface area contributed by atoms with Crippen LogP contribution < -0.4 is 0 Å². The molecule has 1 heterocycles. The fourth-order valence-electron chi connectivity index (χ4n) is 2.32. The maximum Gasteiger partial charge on any atom is 0.353 e. The maximum atomic E-state index is 11.6. The number of carbonyl (C=O) groups is 2. The molecule has 1 aromatic carbocycles. The Morgan fingerprint density at radius 1 is 1.29 bits per heavy atom. The number of para-hydroxylation sites is 1. The summed E-state index contributed by atoms with van der Waals surface area (Å²) in [6, 6.07) is 5.51. The number of fused-ring (bicyclic) bond motifs is 1. The highest BCUT2D eigenvalue weighted by molar-refractivity contribution is 6.15. The minimum Gasteiger partial charge on any atom is -0.477 e. The van der Waals surface area contributed by atoms with Crippen LogP contribution in [0.15, 0.2) is 18.2 Å². The second kappa shape index (κ2) is 3.73. The zero-order valence-electron chi connectivity index (χ0n) is 9.94. The molecule has 1 aromatic heterocycles. The molecular weight excluding hydrogens is 218 g/mol. The SMILES string of the molecule is CC(=O)c1c(C(=O)O)n(C)c2c(C)cccc12. The molecule has 0 saturated carbocycles.